The highest BCUT2D eigenvalue weighted by atomic mass is 35.5. The lowest BCUT2D eigenvalue weighted by atomic mass is 10.1. The monoisotopic (exact) mass is 264 g/mol. The lowest BCUT2D eigenvalue weighted by Gasteiger charge is -2.10. The lowest BCUT2D eigenvalue weighted by Crippen LogP contribution is -2.06. The van der Waals surface area contributed by atoms with Gasteiger partial charge < -0.3 is 5.11 Å². The van der Waals surface area contributed by atoms with Gasteiger partial charge in [-0.15, -0.1) is 0 Å². The fourth-order valence-corrected chi connectivity index (χ4v) is 2.07. The van der Waals surface area contributed by atoms with Gasteiger partial charge in [0.1, 0.15) is 0 Å². The molecule has 2 rings (SSSR count). The molecule has 0 bridgehead atoms. The first-order valence-electron chi connectivity index (χ1n) is 4.90. The zero-order valence-corrected chi connectivity index (χ0v) is 9.22. The predicted octanol–water partition coefficient (Wildman–Crippen LogP) is 3.55. The zero-order chi connectivity index (χ0) is 12.8. The summed E-state index contributed by atoms with van der Waals surface area (Å²) in [5.74, 6) is -2.01. The van der Waals surface area contributed by atoms with Gasteiger partial charge in [0.15, 0.2) is 0 Å². The van der Waals surface area contributed by atoms with Crippen LogP contribution < -0.4 is 0 Å². The molecule has 0 heterocycles. The van der Waals surface area contributed by atoms with E-state index in [2.05, 4.69) is 0 Å². The minimum atomic E-state index is -4.44. The molecule has 0 saturated heterocycles. The SMILES string of the molecule is O=C(O)C1CC1c1cc(C(F)(F)F)ccc1Cl. The number of carboxylic acid groups (broad SMARTS) is 1. The summed E-state index contributed by atoms with van der Waals surface area (Å²) in [5, 5.41) is 8.93. The van der Waals surface area contributed by atoms with Crippen molar-refractivity contribution in [2.75, 3.05) is 0 Å². The van der Waals surface area contributed by atoms with E-state index in [9.17, 15) is 18.0 Å². The summed E-state index contributed by atoms with van der Waals surface area (Å²) in [5.41, 5.74) is -0.526. The maximum Gasteiger partial charge on any atom is 0.416 e. The lowest BCUT2D eigenvalue weighted by molar-refractivity contribution is -0.138. The van der Waals surface area contributed by atoms with Crippen LogP contribution in [0.2, 0.25) is 5.02 Å². The van der Waals surface area contributed by atoms with Gasteiger partial charge in [-0.2, -0.15) is 13.2 Å². The quantitative estimate of drug-likeness (QED) is 0.887. The van der Waals surface area contributed by atoms with Crippen LogP contribution in [-0.4, -0.2) is 11.1 Å². The van der Waals surface area contributed by atoms with Gasteiger partial charge in [0, 0.05) is 5.02 Å². The molecule has 0 spiro atoms. The van der Waals surface area contributed by atoms with E-state index in [1.807, 2.05) is 0 Å². The molecule has 17 heavy (non-hydrogen) atoms. The van der Waals surface area contributed by atoms with Crippen LogP contribution in [0.3, 0.4) is 0 Å². The van der Waals surface area contributed by atoms with Crippen LogP contribution in [0.4, 0.5) is 13.2 Å². The first kappa shape index (κ1) is 12.2. The van der Waals surface area contributed by atoms with E-state index in [0.717, 1.165) is 18.2 Å². The molecule has 1 aliphatic rings. The Balaban J connectivity index is 2.32. The van der Waals surface area contributed by atoms with Crippen molar-refractivity contribution in [2.45, 2.75) is 18.5 Å². The van der Waals surface area contributed by atoms with Crippen molar-refractivity contribution in [3.05, 3.63) is 34.3 Å². The smallest absolute Gasteiger partial charge is 0.416 e. The van der Waals surface area contributed by atoms with Gasteiger partial charge in [-0.1, -0.05) is 11.6 Å². The van der Waals surface area contributed by atoms with E-state index in [0.29, 0.717) is 6.42 Å². The maximum atomic E-state index is 12.5. The van der Waals surface area contributed by atoms with E-state index in [1.54, 1.807) is 0 Å². The summed E-state index contributed by atoms with van der Waals surface area (Å²) in [6.45, 7) is 0. The Hall–Kier alpha value is -1.23. The standard InChI is InChI=1S/C11H8ClF3O2/c12-9-2-1-5(11(13,14)15)3-7(9)6-4-8(6)10(16)17/h1-3,6,8H,4H2,(H,16,17). The number of carbonyl (C=O) groups is 1. The average molecular weight is 265 g/mol. The van der Waals surface area contributed by atoms with Crippen LogP contribution in [0.25, 0.3) is 0 Å². The Morgan fingerprint density at radius 3 is 2.53 bits per heavy atom. The third-order valence-electron chi connectivity index (χ3n) is 2.83. The molecule has 0 amide bonds. The van der Waals surface area contributed by atoms with E-state index in [-0.39, 0.29) is 10.6 Å². The first-order chi connectivity index (χ1) is 7.80. The van der Waals surface area contributed by atoms with Gasteiger partial charge in [0.25, 0.3) is 0 Å². The van der Waals surface area contributed by atoms with Crippen molar-refractivity contribution in [3.63, 3.8) is 0 Å². The number of carboxylic acids is 1. The molecule has 1 aliphatic carbocycles. The summed E-state index contributed by atoms with van der Waals surface area (Å²) >= 11 is 5.79. The number of halogens is 4. The Bertz CT molecular complexity index is 470. The number of aliphatic carboxylic acids is 1. The van der Waals surface area contributed by atoms with Gasteiger partial charge >= 0.3 is 12.1 Å². The first-order valence-corrected chi connectivity index (χ1v) is 5.28. The van der Waals surface area contributed by atoms with Gasteiger partial charge in [-0.25, -0.2) is 0 Å². The zero-order valence-electron chi connectivity index (χ0n) is 8.46. The third kappa shape index (κ3) is 2.39. The van der Waals surface area contributed by atoms with Gasteiger partial charge in [0.05, 0.1) is 11.5 Å². The van der Waals surface area contributed by atoms with E-state index in [4.69, 9.17) is 16.7 Å². The van der Waals surface area contributed by atoms with Crippen LogP contribution in [0.5, 0.6) is 0 Å². The minimum absolute atomic E-state index is 0.187. The Morgan fingerprint density at radius 1 is 1.41 bits per heavy atom. The minimum Gasteiger partial charge on any atom is -0.481 e. The second kappa shape index (κ2) is 3.91. The van der Waals surface area contributed by atoms with Crippen molar-refractivity contribution in [1.29, 1.82) is 0 Å². The highest BCUT2D eigenvalue weighted by molar-refractivity contribution is 6.31. The molecule has 92 valence electrons. The van der Waals surface area contributed by atoms with Gasteiger partial charge in [0.2, 0.25) is 0 Å². The van der Waals surface area contributed by atoms with Crippen molar-refractivity contribution < 1.29 is 23.1 Å². The second-order valence-corrected chi connectivity index (χ2v) is 4.43. The van der Waals surface area contributed by atoms with Crippen LogP contribution in [0.1, 0.15) is 23.5 Å². The molecule has 1 fully saturated rings. The van der Waals surface area contributed by atoms with E-state index in [1.165, 1.54) is 0 Å². The molecule has 2 unspecified atom stereocenters. The molecule has 0 aliphatic heterocycles. The summed E-state index contributed by atoms with van der Waals surface area (Å²) in [6, 6.07) is 3.00. The molecule has 0 radical (unpaired) electrons. The summed E-state index contributed by atoms with van der Waals surface area (Å²) in [7, 11) is 0. The normalized spacial score (nSPS) is 23.5. The van der Waals surface area contributed by atoms with Crippen molar-refractivity contribution in [1.82, 2.24) is 0 Å². The Kier molecular flexibility index (Phi) is 2.81. The molecule has 0 aromatic heterocycles. The molecule has 1 N–H and O–H groups in total. The van der Waals surface area contributed by atoms with Crippen LogP contribution in [0.15, 0.2) is 18.2 Å². The average Bonchev–Trinajstić information content (AvgIpc) is 2.96. The fraction of sp³-hybridized carbons (Fsp3) is 0.364. The summed E-state index contributed by atoms with van der Waals surface area (Å²) in [6.07, 6.45) is -4.09. The van der Waals surface area contributed by atoms with Gasteiger partial charge in [-0.05, 0) is 36.1 Å². The molecule has 2 nitrogen and oxygen atoms in total. The van der Waals surface area contributed by atoms with Crippen LogP contribution >= 0.6 is 11.6 Å². The van der Waals surface area contributed by atoms with E-state index >= 15 is 0 Å². The largest absolute Gasteiger partial charge is 0.481 e. The Morgan fingerprint density at radius 2 is 2.06 bits per heavy atom. The van der Waals surface area contributed by atoms with Crippen molar-refractivity contribution in [2.24, 2.45) is 5.92 Å². The number of hydrogen-bond acceptors (Lipinski definition) is 1. The van der Waals surface area contributed by atoms with Gasteiger partial charge in [-0.3, -0.25) is 4.79 Å². The molecule has 1 aromatic carbocycles. The maximum absolute atomic E-state index is 12.5. The van der Waals surface area contributed by atoms with Crippen LogP contribution in [-0.2, 0) is 11.0 Å². The molecule has 1 saturated carbocycles. The Labute approximate surface area is 100 Å². The topological polar surface area (TPSA) is 37.3 Å². The predicted molar refractivity (Wildman–Crippen MR) is 54.9 cm³/mol. The number of hydrogen-bond donors (Lipinski definition) is 1. The molecule has 1 aromatic rings. The summed E-state index contributed by atoms with van der Waals surface area (Å²) in [4.78, 5) is 10.7. The van der Waals surface area contributed by atoms with E-state index < -0.39 is 29.5 Å². The highest BCUT2D eigenvalue weighted by Crippen LogP contribution is 2.50. The summed E-state index contributed by atoms with van der Waals surface area (Å²) < 4.78 is 37.4. The molecular weight excluding hydrogens is 257 g/mol. The van der Waals surface area contributed by atoms with Crippen molar-refractivity contribution >= 4 is 17.6 Å². The third-order valence-corrected chi connectivity index (χ3v) is 3.17. The molecule has 6 heteroatoms. The van der Waals surface area contributed by atoms with Crippen LogP contribution in [0, 0.1) is 5.92 Å². The van der Waals surface area contributed by atoms with Crippen molar-refractivity contribution in [3.8, 4) is 0 Å². The fourth-order valence-electron chi connectivity index (χ4n) is 1.82. The number of benzene rings is 1. The molecular formula is C11H8ClF3O2. The molecule has 2 atom stereocenters. The number of alkyl halides is 3. The highest BCUT2D eigenvalue weighted by Gasteiger charge is 2.45. The second-order valence-electron chi connectivity index (χ2n) is 4.02. The number of rotatable bonds is 2.